The quantitative estimate of drug-likeness (QED) is 0.237. The van der Waals surface area contributed by atoms with Gasteiger partial charge in [-0.25, -0.2) is 19.3 Å². The summed E-state index contributed by atoms with van der Waals surface area (Å²) in [7, 11) is 1.61. The second-order valence-corrected chi connectivity index (χ2v) is 9.59. The van der Waals surface area contributed by atoms with Crippen LogP contribution in [0.1, 0.15) is 31.3 Å². The Morgan fingerprint density at radius 3 is 2.64 bits per heavy atom. The maximum Gasteiger partial charge on any atom is 0.266 e. The number of fused-ring (bicyclic) bond motifs is 2. The lowest BCUT2D eigenvalue weighted by Crippen LogP contribution is -2.28. The topological polar surface area (TPSA) is 104 Å². The standard InChI is InChI=1S/C32H29FN6O3/c1-5-6-7-8-20(2)39-30(37-26-14-11-23(33)17-25(26)32(39)41)21(3)36-29-28-27(40)15-16-38(31(28)35-19-34-29)18-22-9-12-24(42-4)13-10-22/h5-17,19,21H,2,18H2,1,3-4H3,(H,34,35,36)/b6-5-,8-7-. The molecule has 0 aliphatic carbocycles. The van der Waals surface area contributed by atoms with E-state index in [0.717, 1.165) is 17.4 Å². The van der Waals surface area contributed by atoms with E-state index in [2.05, 4.69) is 21.9 Å². The maximum absolute atomic E-state index is 14.0. The minimum Gasteiger partial charge on any atom is -0.497 e. The van der Waals surface area contributed by atoms with Crippen LogP contribution < -0.4 is 21.0 Å². The van der Waals surface area contributed by atoms with Crippen LogP contribution in [0.2, 0.25) is 0 Å². The Bertz CT molecular complexity index is 1980. The summed E-state index contributed by atoms with van der Waals surface area (Å²) >= 11 is 0. The molecule has 0 bridgehead atoms. The number of nitrogens with one attached hydrogen (secondary N) is 1. The number of halogens is 1. The first-order valence-electron chi connectivity index (χ1n) is 13.2. The van der Waals surface area contributed by atoms with Crippen LogP contribution in [-0.2, 0) is 6.54 Å². The molecule has 2 aromatic carbocycles. The molecule has 0 saturated carbocycles. The van der Waals surface area contributed by atoms with E-state index in [0.29, 0.717) is 34.6 Å². The van der Waals surface area contributed by atoms with Crippen LogP contribution in [-0.4, -0.2) is 31.2 Å². The van der Waals surface area contributed by atoms with E-state index in [-0.39, 0.29) is 16.6 Å². The lowest BCUT2D eigenvalue weighted by molar-refractivity contribution is 0.414. The lowest BCUT2D eigenvalue weighted by atomic mass is 10.2. The van der Waals surface area contributed by atoms with E-state index in [4.69, 9.17) is 9.72 Å². The number of benzene rings is 2. The molecule has 0 aliphatic rings. The van der Waals surface area contributed by atoms with Crippen molar-refractivity contribution in [3.63, 3.8) is 0 Å². The van der Waals surface area contributed by atoms with Crippen LogP contribution in [0.3, 0.4) is 0 Å². The fraction of sp³-hybridized carbons (Fsp3) is 0.156. The van der Waals surface area contributed by atoms with Crippen LogP contribution >= 0.6 is 0 Å². The van der Waals surface area contributed by atoms with Crippen molar-refractivity contribution in [2.45, 2.75) is 26.4 Å². The molecule has 42 heavy (non-hydrogen) atoms. The van der Waals surface area contributed by atoms with Gasteiger partial charge in [0, 0.05) is 24.5 Å². The van der Waals surface area contributed by atoms with Gasteiger partial charge in [0.2, 0.25) is 0 Å². The lowest BCUT2D eigenvalue weighted by Gasteiger charge is -2.21. The summed E-state index contributed by atoms with van der Waals surface area (Å²) in [6.45, 7) is 8.19. The van der Waals surface area contributed by atoms with Crippen molar-refractivity contribution in [1.29, 1.82) is 0 Å². The fourth-order valence-electron chi connectivity index (χ4n) is 4.66. The van der Waals surface area contributed by atoms with Crippen molar-refractivity contribution in [3.8, 4) is 5.75 Å². The molecule has 0 radical (unpaired) electrons. The minimum atomic E-state index is -0.619. The van der Waals surface area contributed by atoms with Crippen LogP contribution in [0.15, 0.2) is 102 Å². The first-order chi connectivity index (χ1) is 20.3. The van der Waals surface area contributed by atoms with Crippen molar-refractivity contribution < 1.29 is 9.13 Å². The van der Waals surface area contributed by atoms with Crippen molar-refractivity contribution in [2.75, 3.05) is 12.4 Å². The van der Waals surface area contributed by atoms with Crippen molar-refractivity contribution in [1.82, 2.24) is 24.1 Å². The molecule has 9 nitrogen and oxygen atoms in total. The van der Waals surface area contributed by atoms with Gasteiger partial charge >= 0.3 is 0 Å². The highest BCUT2D eigenvalue weighted by atomic mass is 19.1. The molecule has 1 unspecified atom stereocenters. The van der Waals surface area contributed by atoms with Gasteiger partial charge in [0.25, 0.3) is 5.56 Å². The predicted octanol–water partition coefficient (Wildman–Crippen LogP) is 5.47. The zero-order chi connectivity index (χ0) is 29.8. The second kappa shape index (κ2) is 12.0. The molecule has 1 N–H and O–H groups in total. The smallest absolute Gasteiger partial charge is 0.266 e. The number of anilines is 1. The molecule has 212 valence electrons. The summed E-state index contributed by atoms with van der Waals surface area (Å²) < 4.78 is 22.5. The molecule has 5 rings (SSSR count). The Hall–Kier alpha value is -5.38. The van der Waals surface area contributed by atoms with Gasteiger partial charge in [-0.1, -0.05) is 36.9 Å². The third-order valence-corrected chi connectivity index (χ3v) is 6.74. The van der Waals surface area contributed by atoms with Gasteiger partial charge in [0.05, 0.1) is 24.1 Å². The van der Waals surface area contributed by atoms with Gasteiger partial charge in [0.1, 0.15) is 40.6 Å². The summed E-state index contributed by atoms with van der Waals surface area (Å²) in [5.41, 5.74) is 1.39. The van der Waals surface area contributed by atoms with Gasteiger partial charge in [-0.15, -0.1) is 0 Å². The molecule has 0 aliphatic heterocycles. The summed E-state index contributed by atoms with van der Waals surface area (Å²) in [5, 5.41) is 3.68. The molecule has 0 amide bonds. The van der Waals surface area contributed by atoms with Gasteiger partial charge in [0.15, 0.2) is 5.43 Å². The first-order valence-corrected chi connectivity index (χ1v) is 13.2. The SMILES string of the molecule is C=C(/C=C\C=C/C)n1c(C(C)Nc2ncnc3c2c(=O)ccn3Cc2ccc(OC)cc2)nc2ccc(F)cc2c1=O. The Balaban J connectivity index is 1.58. The molecule has 10 heteroatoms. The molecule has 3 aromatic heterocycles. The van der Waals surface area contributed by atoms with Gasteiger partial charge in [-0.2, -0.15) is 0 Å². The van der Waals surface area contributed by atoms with E-state index in [9.17, 15) is 14.0 Å². The highest BCUT2D eigenvalue weighted by Crippen LogP contribution is 2.24. The number of rotatable bonds is 9. The van der Waals surface area contributed by atoms with Crippen LogP contribution in [0.5, 0.6) is 5.75 Å². The van der Waals surface area contributed by atoms with Crippen molar-refractivity contribution >= 4 is 33.5 Å². The van der Waals surface area contributed by atoms with Crippen LogP contribution in [0.25, 0.3) is 27.6 Å². The molecule has 5 aromatic rings. The molecule has 3 heterocycles. The van der Waals surface area contributed by atoms with E-state index in [1.165, 1.54) is 29.1 Å². The molecular formula is C32H29FN6O3. The normalized spacial score (nSPS) is 12.4. The monoisotopic (exact) mass is 564 g/mol. The van der Waals surface area contributed by atoms with E-state index >= 15 is 0 Å². The summed E-state index contributed by atoms with van der Waals surface area (Å²) in [6, 6.07) is 12.4. The zero-order valence-corrected chi connectivity index (χ0v) is 23.4. The fourth-order valence-corrected chi connectivity index (χ4v) is 4.66. The second-order valence-electron chi connectivity index (χ2n) is 9.59. The summed E-state index contributed by atoms with van der Waals surface area (Å²) in [4.78, 5) is 40.2. The van der Waals surface area contributed by atoms with Gasteiger partial charge in [-0.05, 0) is 55.8 Å². The van der Waals surface area contributed by atoms with Crippen LogP contribution in [0, 0.1) is 5.82 Å². The van der Waals surface area contributed by atoms with Gasteiger partial charge in [-0.3, -0.25) is 14.2 Å². The molecular weight excluding hydrogens is 535 g/mol. The number of methoxy groups -OCH3 is 1. The average Bonchev–Trinajstić information content (AvgIpc) is 2.99. The largest absolute Gasteiger partial charge is 0.497 e. The number of hydrogen-bond acceptors (Lipinski definition) is 7. The van der Waals surface area contributed by atoms with Crippen molar-refractivity contribution in [3.05, 3.63) is 130 Å². The van der Waals surface area contributed by atoms with E-state index in [1.54, 1.807) is 38.5 Å². The minimum absolute atomic E-state index is 0.125. The molecule has 0 fully saturated rings. The molecule has 0 saturated heterocycles. The number of aromatic nitrogens is 5. The first kappa shape index (κ1) is 28.2. The third kappa shape index (κ3) is 5.60. The molecule has 0 spiro atoms. The number of nitrogens with zero attached hydrogens (tertiary/aromatic N) is 5. The van der Waals surface area contributed by atoms with Crippen LogP contribution in [0.4, 0.5) is 10.2 Å². The van der Waals surface area contributed by atoms with Crippen molar-refractivity contribution in [2.24, 2.45) is 0 Å². The number of allylic oxidation sites excluding steroid dienone is 5. The Kier molecular flexibility index (Phi) is 8.05. The van der Waals surface area contributed by atoms with E-state index < -0.39 is 17.4 Å². The predicted molar refractivity (Wildman–Crippen MR) is 163 cm³/mol. The third-order valence-electron chi connectivity index (χ3n) is 6.74. The highest BCUT2D eigenvalue weighted by Gasteiger charge is 2.20. The Labute approximate surface area is 241 Å². The number of ether oxygens (including phenoxy) is 1. The van der Waals surface area contributed by atoms with E-state index in [1.807, 2.05) is 41.8 Å². The Morgan fingerprint density at radius 2 is 1.90 bits per heavy atom. The number of pyridine rings is 1. The number of hydrogen-bond donors (Lipinski definition) is 1. The summed E-state index contributed by atoms with van der Waals surface area (Å²) in [6.07, 6.45) is 10.1. The maximum atomic E-state index is 14.0. The Morgan fingerprint density at radius 1 is 1.12 bits per heavy atom. The average molecular weight is 565 g/mol. The zero-order valence-electron chi connectivity index (χ0n) is 23.4. The van der Waals surface area contributed by atoms with Gasteiger partial charge < -0.3 is 14.6 Å². The highest BCUT2D eigenvalue weighted by molar-refractivity contribution is 5.86. The summed E-state index contributed by atoms with van der Waals surface area (Å²) in [5.74, 6) is 0.810. The molecule has 1 atom stereocenters.